The van der Waals surface area contributed by atoms with Gasteiger partial charge in [0.25, 0.3) is 0 Å². The molecule has 6 aromatic heterocycles. The molecule has 0 spiro atoms. The number of benzene rings is 2. The van der Waals surface area contributed by atoms with Gasteiger partial charge in [-0.25, -0.2) is 9.97 Å². The number of aromatic nitrogens is 8. The molecule has 0 saturated heterocycles. The first kappa shape index (κ1) is 39.3. The number of rotatable bonds is 6. The summed E-state index contributed by atoms with van der Waals surface area (Å²) < 4.78 is 90.0. The fraction of sp³-hybridized carbons (Fsp3) is 0.0556. The summed E-state index contributed by atoms with van der Waals surface area (Å²) in [5.74, 6) is 0.172. The molecule has 8 rings (SSSR count). The maximum atomic E-state index is 13.0. The van der Waals surface area contributed by atoms with Gasteiger partial charge in [-0.1, -0.05) is 46.3 Å². The van der Waals surface area contributed by atoms with Crippen LogP contribution in [0.4, 0.5) is 26.3 Å². The molecule has 6 heterocycles. The minimum atomic E-state index is -4.64. The highest BCUT2D eigenvalue weighted by molar-refractivity contribution is 9.10. The number of alkyl halides is 6. The molecule has 284 valence electrons. The highest BCUT2D eigenvalue weighted by Crippen LogP contribution is 2.31. The molecule has 8 aromatic rings. The first-order chi connectivity index (χ1) is 26.7. The smallest absolute Gasteiger partial charge is 0.439 e. The van der Waals surface area contributed by atoms with Crippen LogP contribution in [0.25, 0.3) is 22.4 Å². The quantitative estimate of drug-likeness (QED) is 0.127. The molecule has 0 amide bonds. The van der Waals surface area contributed by atoms with Crippen LogP contribution in [0.3, 0.4) is 0 Å². The van der Waals surface area contributed by atoms with E-state index in [-0.39, 0.29) is 16.8 Å². The summed E-state index contributed by atoms with van der Waals surface area (Å²) in [5.41, 5.74) is 1.39. The maximum absolute atomic E-state index is 13.0. The normalized spacial score (nSPS) is 11.3. The molecule has 12 nitrogen and oxygen atoms in total. The number of ether oxygens (including phenoxy) is 2. The Bertz CT molecular complexity index is 2510. The highest BCUT2D eigenvalue weighted by atomic mass is 79.9. The Morgan fingerprint density at radius 3 is 1.46 bits per heavy atom. The zero-order valence-corrected chi connectivity index (χ0v) is 29.8. The Kier molecular flexibility index (Phi) is 11.9. The van der Waals surface area contributed by atoms with Gasteiger partial charge < -0.3 is 19.5 Å². The molecule has 0 aliphatic heterocycles. The Hall–Kier alpha value is -6.38. The average molecular weight is 837 g/mol. The van der Waals surface area contributed by atoms with E-state index in [0.717, 1.165) is 26.4 Å². The minimum absolute atomic E-state index is 0.0169. The summed E-state index contributed by atoms with van der Waals surface area (Å²) in [6, 6.07) is 31.2. The summed E-state index contributed by atoms with van der Waals surface area (Å²) in [5, 5.41) is 30.7. The van der Waals surface area contributed by atoms with Gasteiger partial charge in [-0.05, 0) is 83.3 Å². The van der Waals surface area contributed by atoms with E-state index in [9.17, 15) is 26.3 Å². The monoisotopic (exact) mass is 836 g/mol. The van der Waals surface area contributed by atoms with E-state index in [2.05, 4.69) is 46.3 Å². The van der Waals surface area contributed by atoms with Crippen molar-refractivity contribution in [3.8, 4) is 34.4 Å². The second kappa shape index (κ2) is 17.0. The van der Waals surface area contributed by atoms with Gasteiger partial charge in [0.05, 0.1) is 0 Å². The van der Waals surface area contributed by atoms with Crippen LogP contribution in [0.1, 0.15) is 11.6 Å². The molecular formula is C36H24BBrF6N8O4. The molecule has 0 fully saturated rings. The van der Waals surface area contributed by atoms with Crippen LogP contribution < -0.4 is 14.9 Å². The zero-order chi connectivity index (χ0) is 39.9. The fourth-order valence-corrected chi connectivity index (χ4v) is 5.05. The number of pyridine rings is 4. The van der Waals surface area contributed by atoms with Crippen molar-refractivity contribution in [2.45, 2.75) is 12.4 Å². The maximum Gasteiger partial charge on any atom is 0.489 e. The van der Waals surface area contributed by atoms with Crippen LogP contribution in [0, 0.1) is 0 Å². The molecule has 2 aromatic carbocycles. The van der Waals surface area contributed by atoms with Crippen LogP contribution >= 0.6 is 15.9 Å². The van der Waals surface area contributed by atoms with Gasteiger partial charge >= 0.3 is 19.5 Å². The molecule has 56 heavy (non-hydrogen) atoms. The second-order valence-electron chi connectivity index (χ2n) is 11.3. The third-order valence-electron chi connectivity index (χ3n) is 7.35. The molecule has 0 unspecified atom stereocenters. The van der Waals surface area contributed by atoms with E-state index in [1.165, 1.54) is 24.4 Å². The minimum Gasteiger partial charge on any atom is -0.439 e. The predicted molar refractivity (Wildman–Crippen MR) is 194 cm³/mol. The number of nitrogens with zero attached hydrogens (tertiary/aromatic N) is 8. The summed E-state index contributed by atoms with van der Waals surface area (Å²) in [6.07, 6.45) is -3.59. The third-order valence-corrected chi connectivity index (χ3v) is 7.88. The summed E-state index contributed by atoms with van der Waals surface area (Å²) in [7, 11) is -1.84. The molecular weight excluding hydrogens is 813 g/mol. The van der Waals surface area contributed by atoms with Crippen molar-refractivity contribution in [1.82, 2.24) is 39.2 Å². The zero-order valence-electron chi connectivity index (χ0n) is 28.2. The van der Waals surface area contributed by atoms with E-state index in [0.29, 0.717) is 27.5 Å². The summed E-state index contributed by atoms with van der Waals surface area (Å²) in [4.78, 5) is 8.13. The summed E-state index contributed by atoms with van der Waals surface area (Å²) in [6.45, 7) is 0. The fourth-order valence-electron chi connectivity index (χ4n) is 4.78. The average Bonchev–Trinajstić information content (AvgIpc) is 3.82. The number of hydrogen-bond acceptors (Lipinski definition) is 10. The Morgan fingerprint density at radius 1 is 0.536 bits per heavy atom. The van der Waals surface area contributed by atoms with Crippen molar-refractivity contribution < 1.29 is 45.9 Å². The van der Waals surface area contributed by atoms with Gasteiger partial charge in [0.2, 0.25) is 23.4 Å². The van der Waals surface area contributed by atoms with Gasteiger partial charge in [-0.3, -0.25) is 8.80 Å². The van der Waals surface area contributed by atoms with Crippen LogP contribution in [-0.4, -0.2) is 56.3 Å². The van der Waals surface area contributed by atoms with Crippen LogP contribution in [0.5, 0.6) is 23.3 Å². The lowest BCUT2D eigenvalue weighted by atomic mass is 9.82. The number of fused-ring (bicyclic) bond motifs is 2. The lowest BCUT2D eigenvalue weighted by molar-refractivity contribution is -0.146. The predicted octanol–water partition coefficient (Wildman–Crippen LogP) is 7.67. The molecule has 0 atom stereocenters. The van der Waals surface area contributed by atoms with Crippen molar-refractivity contribution >= 4 is 39.8 Å². The van der Waals surface area contributed by atoms with Crippen LogP contribution in [0.2, 0.25) is 0 Å². The van der Waals surface area contributed by atoms with Crippen molar-refractivity contribution in [1.29, 1.82) is 0 Å². The Labute approximate surface area is 321 Å². The van der Waals surface area contributed by atoms with Crippen molar-refractivity contribution in [3.63, 3.8) is 0 Å². The van der Waals surface area contributed by atoms with E-state index >= 15 is 0 Å². The Morgan fingerprint density at radius 2 is 1.00 bits per heavy atom. The van der Waals surface area contributed by atoms with E-state index in [1.807, 2.05) is 48.5 Å². The van der Waals surface area contributed by atoms with Crippen LogP contribution in [-0.2, 0) is 12.4 Å². The van der Waals surface area contributed by atoms with Gasteiger partial charge in [0, 0.05) is 41.4 Å². The molecule has 0 aliphatic rings. The first-order valence-electron chi connectivity index (χ1n) is 16.0. The van der Waals surface area contributed by atoms with E-state index in [4.69, 9.17) is 19.5 Å². The summed E-state index contributed by atoms with van der Waals surface area (Å²) >= 11 is 3.36. The lowest BCUT2D eigenvalue weighted by Gasteiger charge is -2.08. The SMILES string of the molecule is Brc1ccc(Oc2ccccn2)cc1.FC(F)(F)c1nnc2ccc(-c3ccc(Oc4ccccn4)cc3)cn12.OB(O)c1ccc2nnc(C(F)(F)F)n2c1. The molecule has 0 aliphatic carbocycles. The third kappa shape index (κ3) is 10.0. The van der Waals surface area contributed by atoms with Crippen molar-refractivity contribution in [3.05, 3.63) is 150 Å². The van der Waals surface area contributed by atoms with Gasteiger partial charge in [-0.15, -0.1) is 20.4 Å². The topological polar surface area (TPSA) is 145 Å². The molecule has 2 N–H and O–H groups in total. The molecule has 0 saturated carbocycles. The highest BCUT2D eigenvalue weighted by Gasteiger charge is 2.38. The van der Waals surface area contributed by atoms with E-state index in [1.54, 1.807) is 54.9 Å². The number of halogens is 7. The molecule has 20 heteroatoms. The standard InChI is InChI=1S/C18H11F3N4O.C11H8BrNO.C7H5BF3N3O2/c19-18(20,21)17-24-23-15-9-6-13(11-25(15)17)12-4-7-14(8-5-12)26-16-3-1-2-10-22-16;12-9-4-6-10(7-5-9)14-11-3-1-2-8-13-11;9-7(10,11)6-13-12-5-2-1-4(8(15)16)3-14(5)6/h1-11H;1-8H;1-3,15-16H. The lowest BCUT2D eigenvalue weighted by Crippen LogP contribution is -2.30. The Balaban J connectivity index is 0.000000152. The van der Waals surface area contributed by atoms with Crippen molar-refractivity contribution in [2.24, 2.45) is 0 Å². The van der Waals surface area contributed by atoms with Gasteiger partial charge in [-0.2, -0.15) is 26.3 Å². The van der Waals surface area contributed by atoms with Gasteiger partial charge in [0.1, 0.15) is 11.5 Å². The van der Waals surface area contributed by atoms with Crippen LogP contribution in [0.15, 0.2) is 138 Å². The van der Waals surface area contributed by atoms with Crippen molar-refractivity contribution in [2.75, 3.05) is 0 Å². The second-order valence-corrected chi connectivity index (χ2v) is 12.2. The number of hydrogen-bond donors (Lipinski definition) is 2. The molecule has 0 radical (unpaired) electrons. The molecule has 0 bridgehead atoms. The largest absolute Gasteiger partial charge is 0.489 e. The first-order valence-corrected chi connectivity index (χ1v) is 16.8. The van der Waals surface area contributed by atoms with Gasteiger partial charge in [0.15, 0.2) is 11.3 Å². The van der Waals surface area contributed by atoms with E-state index < -0.39 is 31.1 Å².